The Labute approximate surface area is 68.1 Å². The van der Waals surface area contributed by atoms with Crippen molar-refractivity contribution in [1.82, 2.24) is 43.3 Å². The SMILES string of the molecule is C1N=NNN1NNN1CNNN1. The van der Waals surface area contributed by atoms with Crippen LogP contribution in [0.15, 0.2) is 10.3 Å². The molecule has 12 heavy (non-hydrogen) atoms. The molecule has 0 spiro atoms. The third kappa shape index (κ3) is 1.83. The molecule has 0 aromatic heterocycles. The zero-order chi connectivity index (χ0) is 8.23. The summed E-state index contributed by atoms with van der Waals surface area (Å²) < 4.78 is 0. The molecule has 10 nitrogen and oxygen atoms in total. The summed E-state index contributed by atoms with van der Waals surface area (Å²) in [6.07, 6.45) is 0. The van der Waals surface area contributed by atoms with Gasteiger partial charge in [0, 0.05) is 0 Å². The summed E-state index contributed by atoms with van der Waals surface area (Å²) in [6.45, 7) is 1.08. The van der Waals surface area contributed by atoms with Gasteiger partial charge in [0.2, 0.25) is 0 Å². The molecule has 2 aliphatic heterocycles. The van der Waals surface area contributed by atoms with Crippen LogP contribution < -0.4 is 33.1 Å². The second-order valence-electron chi connectivity index (χ2n) is 2.13. The molecule has 0 unspecified atom stereocenters. The van der Waals surface area contributed by atoms with Crippen LogP contribution in [0.1, 0.15) is 0 Å². The number of hydrogen-bond donors (Lipinski definition) is 6. The molecule has 1 fully saturated rings. The predicted octanol–water partition coefficient (Wildman–Crippen LogP) is -3.16. The van der Waals surface area contributed by atoms with E-state index < -0.39 is 0 Å². The Hall–Kier alpha value is -0.880. The first kappa shape index (κ1) is 7.75. The Balaban J connectivity index is 1.61. The van der Waals surface area contributed by atoms with Crippen LogP contribution in [0.5, 0.6) is 0 Å². The average molecular weight is 174 g/mol. The lowest BCUT2D eigenvalue weighted by Crippen LogP contribution is -2.59. The standard InChI is InChI=1S/C2H10N10/c1-3-5-7-11(1)9-10-12-2-4-6-8-12/h3,5,7,9-10H,1-2H2,(H,4,8). The van der Waals surface area contributed by atoms with E-state index in [9.17, 15) is 0 Å². The maximum absolute atomic E-state index is 3.68. The molecule has 0 aromatic carbocycles. The Morgan fingerprint density at radius 2 is 2.17 bits per heavy atom. The van der Waals surface area contributed by atoms with Gasteiger partial charge in [-0.3, -0.25) is 0 Å². The lowest BCUT2D eigenvalue weighted by molar-refractivity contribution is 0.0156. The molecule has 2 rings (SSSR count). The molecule has 0 aliphatic carbocycles. The summed E-state index contributed by atoms with van der Waals surface area (Å²) in [5.41, 5.74) is 16.5. The van der Waals surface area contributed by atoms with Gasteiger partial charge in [-0.1, -0.05) is 5.22 Å². The monoisotopic (exact) mass is 174 g/mol. The zero-order valence-electron chi connectivity index (χ0n) is 6.20. The van der Waals surface area contributed by atoms with E-state index in [1.54, 1.807) is 10.2 Å². The summed E-state index contributed by atoms with van der Waals surface area (Å²) in [7, 11) is 0. The highest BCUT2D eigenvalue weighted by atomic mass is 16.1. The predicted molar refractivity (Wildman–Crippen MR) is 37.1 cm³/mol. The first-order chi connectivity index (χ1) is 5.95. The van der Waals surface area contributed by atoms with Crippen molar-refractivity contribution < 1.29 is 0 Å². The van der Waals surface area contributed by atoms with Crippen LogP contribution in [-0.4, -0.2) is 23.6 Å². The molecule has 0 amide bonds. The Morgan fingerprint density at radius 1 is 1.25 bits per heavy atom. The number of hydrazine groups is 7. The molecule has 0 atom stereocenters. The molecular weight excluding hydrogens is 164 g/mol. The van der Waals surface area contributed by atoms with Crippen molar-refractivity contribution in [3.8, 4) is 0 Å². The van der Waals surface area contributed by atoms with Gasteiger partial charge in [-0.25, -0.2) is 11.0 Å². The fraction of sp³-hybridized carbons (Fsp3) is 1.00. The molecule has 68 valence electrons. The summed E-state index contributed by atoms with van der Waals surface area (Å²) in [5, 5.41) is 10.4. The van der Waals surface area contributed by atoms with E-state index in [4.69, 9.17) is 0 Å². The lowest BCUT2D eigenvalue weighted by atomic mass is 11.1. The second-order valence-corrected chi connectivity index (χ2v) is 2.13. The van der Waals surface area contributed by atoms with E-state index in [1.165, 1.54) is 0 Å². The van der Waals surface area contributed by atoms with Crippen LogP contribution in [0, 0.1) is 0 Å². The highest BCUT2D eigenvalue weighted by molar-refractivity contribution is 4.43. The minimum atomic E-state index is 0.460. The quantitative estimate of drug-likeness (QED) is 0.249. The highest BCUT2D eigenvalue weighted by Crippen LogP contribution is 1.85. The smallest absolute Gasteiger partial charge is 0.150 e. The lowest BCUT2D eigenvalue weighted by Gasteiger charge is -2.19. The maximum atomic E-state index is 3.68. The van der Waals surface area contributed by atoms with Crippen molar-refractivity contribution in [1.29, 1.82) is 0 Å². The van der Waals surface area contributed by atoms with Gasteiger partial charge in [0.15, 0.2) is 6.67 Å². The normalized spacial score (nSPS) is 25.0. The molecule has 10 heteroatoms. The van der Waals surface area contributed by atoms with Crippen LogP contribution in [0.25, 0.3) is 0 Å². The summed E-state index contributed by atoms with van der Waals surface area (Å²) >= 11 is 0. The topological polar surface area (TPSA) is 103 Å². The van der Waals surface area contributed by atoms with Gasteiger partial charge < -0.3 is 0 Å². The molecular formula is C2H10N10. The third-order valence-electron chi connectivity index (χ3n) is 1.28. The maximum Gasteiger partial charge on any atom is 0.150 e. The van der Waals surface area contributed by atoms with Crippen molar-refractivity contribution in [3.63, 3.8) is 0 Å². The third-order valence-corrected chi connectivity index (χ3v) is 1.28. The minimum Gasteiger partial charge on any atom is -0.226 e. The Kier molecular flexibility index (Phi) is 2.38. The van der Waals surface area contributed by atoms with Gasteiger partial charge in [-0.05, 0) is 0 Å². The van der Waals surface area contributed by atoms with Gasteiger partial charge in [-0.15, -0.1) is 10.2 Å². The number of rotatable bonds is 3. The number of hydrogen-bond acceptors (Lipinski definition) is 10. The molecule has 2 heterocycles. The van der Waals surface area contributed by atoms with Crippen LogP contribution in [0.3, 0.4) is 0 Å². The van der Waals surface area contributed by atoms with Crippen molar-refractivity contribution >= 4 is 0 Å². The van der Waals surface area contributed by atoms with Crippen LogP contribution in [0.2, 0.25) is 0 Å². The zero-order valence-corrected chi connectivity index (χ0v) is 6.20. The van der Waals surface area contributed by atoms with Crippen LogP contribution >= 0.6 is 0 Å². The van der Waals surface area contributed by atoms with E-state index in [0.29, 0.717) is 13.3 Å². The van der Waals surface area contributed by atoms with Gasteiger partial charge in [0.1, 0.15) is 0 Å². The molecule has 0 bridgehead atoms. The second kappa shape index (κ2) is 3.68. The molecule has 0 radical (unpaired) electrons. The minimum absolute atomic E-state index is 0.460. The van der Waals surface area contributed by atoms with Crippen molar-refractivity contribution in [2.24, 2.45) is 10.3 Å². The summed E-state index contributed by atoms with van der Waals surface area (Å²) in [6, 6.07) is 0. The highest BCUT2D eigenvalue weighted by Gasteiger charge is 2.11. The number of nitrogens with one attached hydrogen (secondary N) is 6. The van der Waals surface area contributed by atoms with Gasteiger partial charge in [0.25, 0.3) is 0 Å². The van der Waals surface area contributed by atoms with Crippen LogP contribution in [0.4, 0.5) is 0 Å². The van der Waals surface area contributed by atoms with E-state index in [1.807, 2.05) is 0 Å². The van der Waals surface area contributed by atoms with Crippen molar-refractivity contribution in [3.05, 3.63) is 0 Å². The van der Waals surface area contributed by atoms with Crippen molar-refractivity contribution in [2.75, 3.05) is 13.3 Å². The fourth-order valence-corrected chi connectivity index (χ4v) is 0.726. The van der Waals surface area contributed by atoms with E-state index in [0.717, 1.165) is 0 Å². The molecule has 1 saturated heterocycles. The van der Waals surface area contributed by atoms with Gasteiger partial charge in [-0.2, -0.15) is 27.3 Å². The van der Waals surface area contributed by atoms with Gasteiger partial charge in [0.05, 0.1) is 6.67 Å². The molecule has 0 saturated carbocycles. The van der Waals surface area contributed by atoms with Crippen LogP contribution in [-0.2, 0) is 0 Å². The van der Waals surface area contributed by atoms with E-state index in [-0.39, 0.29) is 0 Å². The Bertz CT molecular complexity index is 149. The van der Waals surface area contributed by atoms with E-state index in [2.05, 4.69) is 43.4 Å². The van der Waals surface area contributed by atoms with Gasteiger partial charge >= 0.3 is 0 Å². The Morgan fingerprint density at radius 3 is 2.83 bits per heavy atom. The summed E-state index contributed by atoms with van der Waals surface area (Å²) in [4.78, 5) is 0. The molecule has 6 N–H and O–H groups in total. The molecule has 2 aliphatic rings. The molecule has 0 aromatic rings. The average Bonchev–Trinajstić information content (AvgIpc) is 2.74. The number of nitrogens with zero attached hydrogens (tertiary/aromatic N) is 4. The first-order valence-electron chi connectivity index (χ1n) is 3.37. The van der Waals surface area contributed by atoms with Crippen molar-refractivity contribution in [2.45, 2.75) is 0 Å². The largest absolute Gasteiger partial charge is 0.226 e. The fourth-order valence-electron chi connectivity index (χ4n) is 0.726. The first-order valence-corrected chi connectivity index (χ1v) is 3.37. The van der Waals surface area contributed by atoms with E-state index >= 15 is 0 Å². The summed E-state index contributed by atoms with van der Waals surface area (Å²) in [5.74, 6) is 0.